The van der Waals surface area contributed by atoms with E-state index in [-0.39, 0.29) is 18.2 Å². The van der Waals surface area contributed by atoms with Crippen molar-refractivity contribution >= 4 is 11.6 Å². The summed E-state index contributed by atoms with van der Waals surface area (Å²) in [7, 11) is 0. The van der Waals surface area contributed by atoms with Gasteiger partial charge in [-0.25, -0.2) is 9.97 Å². The van der Waals surface area contributed by atoms with Crippen LogP contribution in [0.5, 0.6) is 0 Å². The standard InChI is InChI=1S/C9H9F3N6O/c10-9(11,12)8-16-5(13)3-7(17-8)14-2-1-6-15-4-19-18-6/h3-4H,1-2H2,(H3,13,14,16,17). The second kappa shape index (κ2) is 5.08. The van der Waals surface area contributed by atoms with Gasteiger partial charge in [-0.2, -0.15) is 18.2 Å². The molecule has 3 N–H and O–H groups in total. The molecule has 0 aliphatic carbocycles. The molecule has 0 amide bonds. The molecule has 2 aromatic heterocycles. The molecular formula is C9H9F3N6O. The summed E-state index contributed by atoms with van der Waals surface area (Å²) < 4.78 is 41.9. The number of alkyl halides is 3. The average Bonchev–Trinajstić information content (AvgIpc) is 2.80. The SMILES string of the molecule is Nc1cc(NCCc2ncon2)nc(C(F)(F)F)n1. The lowest BCUT2D eigenvalue weighted by atomic mass is 10.4. The van der Waals surface area contributed by atoms with Crippen molar-refractivity contribution in [2.45, 2.75) is 12.6 Å². The van der Waals surface area contributed by atoms with E-state index in [1.54, 1.807) is 0 Å². The quantitative estimate of drug-likeness (QED) is 0.860. The number of nitrogens with two attached hydrogens (primary N) is 1. The van der Waals surface area contributed by atoms with E-state index < -0.39 is 12.0 Å². The molecule has 0 radical (unpaired) electrons. The number of halogens is 3. The summed E-state index contributed by atoms with van der Waals surface area (Å²) in [4.78, 5) is 10.2. The Morgan fingerprint density at radius 3 is 2.74 bits per heavy atom. The first-order valence-corrected chi connectivity index (χ1v) is 5.16. The van der Waals surface area contributed by atoms with Crippen molar-refractivity contribution in [3.63, 3.8) is 0 Å². The van der Waals surface area contributed by atoms with Crippen LogP contribution in [0.1, 0.15) is 11.6 Å². The first-order chi connectivity index (χ1) is 8.95. The highest BCUT2D eigenvalue weighted by Gasteiger charge is 2.35. The summed E-state index contributed by atoms with van der Waals surface area (Å²) in [6.07, 6.45) is -3.10. The van der Waals surface area contributed by atoms with Crippen molar-refractivity contribution < 1.29 is 17.7 Å². The monoisotopic (exact) mass is 274 g/mol. The van der Waals surface area contributed by atoms with Crippen LogP contribution in [0.4, 0.5) is 24.8 Å². The maximum absolute atomic E-state index is 12.5. The van der Waals surface area contributed by atoms with Gasteiger partial charge >= 0.3 is 6.18 Å². The fourth-order valence-electron chi connectivity index (χ4n) is 1.29. The van der Waals surface area contributed by atoms with E-state index in [4.69, 9.17) is 5.73 Å². The summed E-state index contributed by atoms with van der Waals surface area (Å²) in [5.41, 5.74) is 5.29. The lowest BCUT2D eigenvalue weighted by Gasteiger charge is -2.09. The van der Waals surface area contributed by atoms with Crippen LogP contribution in [0.2, 0.25) is 0 Å². The number of hydrogen-bond donors (Lipinski definition) is 2. The predicted molar refractivity (Wildman–Crippen MR) is 57.9 cm³/mol. The topological polar surface area (TPSA) is 103 Å². The molecule has 2 aromatic rings. The molecule has 0 fully saturated rings. The van der Waals surface area contributed by atoms with Gasteiger partial charge in [0.1, 0.15) is 11.6 Å². The lowest BCUT2D eigenvalue weighted by molar-refractivity contribution is -0.144. The minimum Gasteiger partial charge on any atom is -0.384 e. The third-order valence-corrected chi connectivity index (χ3v) is 2.06. The number of hydrogen-bond acceptors (Lipinski definition) is 7. The highest BCUT2D eigenvalue weighted by atomic mass is 19.4. The van der Waals surface area contributed by atoms with E-state index in [0.717, 1.165) is 0 Å². The Kier molecular flexibility index (Phi) is 3.49. The van der Waals surface area contributed by atoms with E-state index in [1.165, 1.54) is 12.5 Å². The number of nitrogens with zero attached hydrogens (tertiary/aromatic N) is 4. The normalized spacial score (nSPS) is 11.5. The first kappa shape index (κ1) is 13.1. The number of anilines is 2. The van der Waals surface area contributed by atoms with Gasteiger partial charge in [0.25, 0.3) is 0 Å². The van der Waals surface area contributed by atoms with Crippen molar-refractivity contribution in [1.82, 2.24) is 20.1 Å². The average molecular weight is 274 g/mol. The molecule has 0 unspecified atom stereocenters. The van der Waals surface area contributed by atoms with Crippen LogP contribution in [0.15, 0.2) is 17.0 Å². The molecule has 2 heterocycles. The molecule has 102 valence electrons. The molecule has 0 aliphatic heterocycles. The van der Waals surface area contributed by atoms with Gasteiger partial charge in [-0.1, -0.05) is 5.16 Å². The van der Waals surface area contributed by atoms with E-state index in [0.29, 0.717) is 12.2 Å². The maximum atomic E-state index is 12.5. The molecule has 19 heavy (non-hydrogen) atoms. The third kappa shape index (κ3) is 3.53. The van der Waals surface area contributed by atoms with Crippen LogP contribution in [0.25, 0.3) is 0 Å². The van der Waals surface area contributed by atoms with E-state index in [2.05, 4.69) is 29.9 Å². The lowest BCUT2D eigenvalue weighted by Crippen LogP contribution is -2.15. The Hall–Kier alpha value is -2.39. The molecule has 0 atom stereocenters. The molecular weight excluding hydrogens is 265 g/mol. The summed E-state index contributed by atoms with van der Waals surface area (Å²) >= 11 is 0. The summed E-state index contributed by atoms with van der Waals surface area (Å²) in [6, 6.07) is 1.21. The molecule has 2 rings (SSSR count). The minimum atomic E-state index is -4.64. The van der Waals surface area contributed by atoms with Gasteiger partial charge in [0, 0.05) is 19.0 Å². The van der Waals surface area contributed by atoms with Crippen molar-refractivity contribution in [1.29, 1.82) is 0 Å². The number of aromatic nitrogens is 4. The molecule has 0 saturated heterocycles. The van der Waals surface area contributed by atoms with E-state index in [9.17, 15) is 13.2 Å². The molecule has 0 bridgehead atoms. The Morgan fingerprint density at radius 2 is 2.11 bits per heavy atom. The second-order valence-electron chi connectivity index (χ2n) is 3.52. The van der Waals surface area contributed by atoms with Gasteiger partial charge in [-0.3, -0.25) is 0 Å². The van der Waals surface area contributed by atoms with Crippen molar-refractivity contribution in [3.8, 4) is 0 Å². The minimum absolute atomic E-state index is 0.0108. The second-order valence-corrected chi connectivity index (χ2v) is 3.52. The predicted octanol–water partition coefficient (Wildman–Crippen LogP) is 1.12. The highest BCUT2D eigenvalue weighted by molar-refractivity contribution is 5.44. The van der Waals surface area contributed by atoms with Gasteiger partial charge in [0.05, 0.1) is 0 Å². The third-order valence-electron chi connectivity index (χ3n) is 2.06. The van der Waals surface area contributed by atoms with Crippen molar-refractivity contribution in [2.24, 2.45) is 0 Å². The molecule has 7 nitrogen and oxygen atoms in total. The van der Waals surface area contributed by atoms with Crippen LogP contribution in [-0.2, 0) is 12.6 Å². The van der Waals surface area contributed by atoms with Crippen LogP contribution >= 0.6 is 0 Å². The molecule has 0 aliphatic rings. The van der Waals surface area contributed by atoms with E-state index >= 15 is 0 Å². The molecule has 0 saturated carbocycles. The summed E-state index contributed by atoms with van der Waals surface area (Å²) in [6.45, 7) is 0.285. The first-order valence-electron chi connectivity index (χ1n) is 5.16. The molecule has 0 aromatic carbocycles. The largest absolute Gasteiger partial charge is 0.451 e. The fraction of sp³-hybridized carbons (Fsp3) is 0.333. The summed E-state index contributed by atoms with van der Waals surface area (Å²) in [5, 5.41) is 6.24. The number of nitrogen functional groups attached to an aromatic ring is 1. The summed E-state index contributed by atoms with van der Waals surface area (Å²) in [5.74, 6) is -1.12. The van der Waals surface area contributed by atoms with Crippen molar-refractivity contribution in [2.75, 3.05) is 17.6 Å². The fourth-order valence-corrected chi connectivity index (χ4v) is 1.29. The zero-order chi connectivity index (χ0) is 13.9. The molecule has 10 heteroatoms. The van der Waals surface area contributed by atoms with Gasteiger partial charge in [0.15, 0.2) is 5.82 Å². The van der Waals surface area contributed by atoms with Gasteiger partial charge in [-0.05, 0) is 0 Å². The number of nitrogens with one attached hydrogen (secondary N) is 1. The van der Waals surface area contributed by atoms with Crippen molar-refractivity contribution in [3.05, 3.63) is 24.1 Å². The van der Waals surface area contributed by atoms with Crippen LogP contribution in [0.3, 0.4) is 0 Å². The highest BCUT2D eigenvalue weighted by Crippen LogP contribution is 2.27. The van der Waals surface area contributed by atoms with Crippen LogP contribution in [-0.4, -0.2) is 26.7 Å². The Balaban J connectivity index is 2.02. The van der Waals surface area contributed by atoms with Crippen LogP contribution < -0.4 is 11.1 Å². The zero-order valence-corrected chi connectivity index (χ0v) is 9.48. The Labute approximate surface area is 105 Å². The van der Waals surface area contributed by atoms with Gasteiger partial charge < -0.3 is 15.6 Å². The van der Waals surface area contributed by atoms with Crippen LogP contribution in [0, 0.1) is 0 Å². The zero-order valence-electron chi connectivity index (χ0n) is 9.48. The van der Waals surface area contributed by atoms with Gasteiger partial charge in [-0.15, -0.1) is 0 Å². The smallest absolute Gasteiger partial charge is 0.384 e. The van der Waals surface area contributed by atoms with Gasteiger partial charge in [0.2, 0.25) is 12.2 Å². The molecule has 0 spiro atoms. The Bertz CT molecular complexity index is 541. The van der Waals surface area contributed by atoms with E-state index in [1.807, 2.05) is 0 Å². The number of rotatable bonds is 4. The Morgan fingerprint density at radius 1 is 1.32 bits per heavy atom. The maximum Gasteiger partial charge on any atom is 0.451 e.